The molecule has 0 saturated carbocycles. The fourth-order valence-corrected chi connectivity index (χ4v) is 6.95. The minimum absolute atomic E-state index is 0.202. The Kier molecular flexibility index (Phi) is 6.52. The minimum atomic E-state index is -1.12. The maximum atomic E-state index is 11.1. The maximum absolute atomic E-state index is 11.1. The van der Waals surface area contributed by atoms with Crippen molar-refractivity contribution < 1.29 is 19.3 Å². The van der Waals surface area contributed by atoms with Crippen molar-refractivity contribution in [1.82, 2.24) is 0 Å². The lowest BCUT2D eigenvalue weighted by molar-refractivity contribution is -0.505. The standard InChI is InChI=1S/C18H35O4P/c1-6-10-15-20-18(13-9-4)21-16(19,11-7-2)14-17(22-18,12-8-3)23(15)5/h15,19H,6-14H2,1-5H3. The predicted molar refractivity (Wildman–Crippen MR) is 94.5 cm³/mol. The Morgan fingerprint density at radius 2 is 1.61 bits per heavy atom. The van der Waals surface area contributed by atoms with E-state index in [1.807, 2.05) is 0 Å². The van der Waals surface area contributed by atoms with Crippen LogP contribution in [-0.2, 0) is 14.2 Å². The summed E-state index contributed by atoms with van der Waals surface area (Å²) in [6.07, 6.45) is 7.85. The highest BCUT2D eigenvalue weighted by Crippen LogP contribution is 2.67. The van der Waals surface area contributed by atoms with Crippen LogP contribution in [0.25, 0.3) is 0 Å². The first-order valence-corrected chi connectivity index (χ1v) is 11.3. The molecule has 2 aliphatic heterocycles. The molecule has 23 heavy (non-hydrogen) atoms. The van der Waals surface area contributed by atoms with Crippen molar-refractivity contribution in [3.8, 4) is 0 Å². The van der Waals surface area contributed by atoms with Gasteiger partial charge < -0.3 is 14.6 Å². The second-order valence-electron chi connectivity index (χ2n) is 7.18. The van der Waals surface area contributed by atoms with E-state index in [9.17, 15) is 5.11 Å². The molecular formula is C18H35O4P. The predicted octanol–water partition coefficient (Wildman–Crippen LogP) is 5.13. The van der Waals surface area contributed by atoms with E-state index < -0.39 is 19.7 Å². The van der Waals surface area contributed by atoms with Gasteiger partial charge in [0.15, 0.2) is 5.79 Å². The van der Waals surface area contributed by atoms with E-state index in [1.165, 1.54) is 0 Å². The Morgan fingerprint density at radius 1 is 0.957 bits per heavy atom. The number of ether oxygens (including phenoxy) is 3. The summed E-state index contributed by atoms with van der Waals surface area (Å²) in [5.41, 5.74) is 0. The molecule has 4 nitrogen and oxygen atoms in total. The summed E-state index contributed by atoms with van der Waals surface area (Å²) in [4.78, 5) is 0. The third-order valence-electron chi connectivity index (χ3n) is 5.01. The van der Waals surface area contributed by atoms with Crippen molar-refractivity contribution in [2.45, 2.75) is 108 Å². The molecule has 0 aromatic carbocycles. The van der Waals surface area contributed by atoms with Crippen LogP contribution < -0.4 is 0 Å². The molecular weight excluding hydrogens is 311 g/mol. The highest BCUT2D eigenvalue weighted by Gasteiger charge is 2.63. The van der Waals surface area contributed by atoms with Gasteiger partial charge in [0.05, 0.1) is 5.85 Å². The van der Waals surface area contributed by atoms with Gasteiger partial charge in [0.2, 0.25) is 0 Å². The summed E-state index contributed by atoms with van der Waals surface area (Å²) >= 11 is 0. The van der Waals surface area contributed by atoms with Crippen LogP contribution in [0.15, 0.2) is 0 Å². The second-order valence-corrected chi connectivity index (χ2v) is 9.79. The Labute approximate surface area is 143 Å². The van der Waals surface area contributed by atoms with Crippen molar-refractivity contribution >= 4 is 7.92 Å². The zero-order valence-corrected chi connectivity index (χ0v) is 16.5. The summed E-state index contributed by atoms with van der Waals surface area (Å²) in [7, 11) is -0.486. The van der Waals surface area contributed by atoms with E-state index >= 15 is 0 Å². The van der Waals surface area contributed by atoms with Gasteiger partial charge in [-0.3, -0.25) is 4.74 Å². The molecule has 2 saturated heterocycles. The summed E-state index contributed by atoms with van der Waals surface area (Å²) in [5.74, 6) is -1.97. The van der Waals surface area contributed by atoms with E-state index in [2.05, 4.69) is 34.4 Å². The molecule has 1 N–H and O–H groups in total. The van der Waals surface area contributed by atoms with Gasteiger partial charge in [0.25, 0.3) is 5.97 Å². The zero-order chi connectivity index (χ0) is 17.1. The molecule has 2 aliphatic rings. The minimum Gasteiger partial charge on any atom is -0.365 e. The van der Waals surface area contributed by atoms with Crippen molar-refractivity contribution in [3.63, 3.8) is 0 Å². The van der Waals surface area contributed by atoms with E-state index in [0.29, 0.717) is 19.3 Å². The lowest BCUT2D eigenvalue weighted by Crippen LogP contribution is -2.65. The number of fused-ring (bicyclic) bond motifs is 2. The average Bonchev–Trinajstić information content (AvgIpc) is 2.44. The lowest BCUT2D eigenvalue weighted by atomic mass is 9.97. The summed E-state index contributed by atoms with van der Waals surface area (Å²) in [6, 6.07) is 0. The van der Waals surface area contributed by atoms with Gasteiger partial charge in [0.1, 0.15) is 5.34 Å². The van der Waals surface area contributed by atoms with Gasteiger partial charge in [-0.25, -0.2) is 0 Å². The molecule has 2 fully saturated rings. The molecule has 0 radical (unpaired) electrons. The molecule has 0 aromatic rings. The summed E-state index contributed by atoms with van der Waals surface area (Å²) < 4.78 is 19.0. The summed E-state index contributed by atoms with van der Waals surface area (Å²) in [5, 5.41) is 10.8. The zero-order valence-electron chi connectivity index (χ0n) is 15.6. The monoisotopic (exact) mass is 346 g/mol. The fraction of sp³-hybridized carbons (Fsp3) is 1.00. The summed E-state index contributed by atoms with van der Waals surface area (Å²) in [6.45, 7) is 10.9. The van der Waals surface area contributed by atoms with Crippen LogP contribution in [0, 0.1) is 0 Å². The Balaban J connectivity index is 2.40. The van der Waals surface area contributed by atoms with E-state index in [4.69, 9.17) is 14.2 Å². The molecule has 5 unspecified atom stereocenters. The third kappa shape index (κ3) is 3.93. The lowest BCUT2D eigenvalue weighted by Gasteiger charge is -2.61. The van der Waals surface area contributed by atoms with Crippen LogP contribution in [0.4, 0.5) is 0 Å². The molecule has 136 valence electrons. The Morgan fingerprint density at radius 3 is 2.17 bits per heavy atom. The van der Waals surface area contributed by atoms with Crippen LogP contribution in [0.1, 0.15) is 85.5 Å². The largest absolute Gasteiger partial charge is 0.365 e. The molecule has 0 aromatic heterocycles. The van der Waals surface area contributed by atoms with Gasteiger partial charge >= 0.3 is 0 Å². The third-order valence-corrected chi connectivity index (χ3v) is 7.99. The highest BCUT2D eigenvalue weighted by atomic mass is 31.1. The topological polar surface area (TPSA) is 47.9 Å². The van der Waals surface area contributed by atoms with E-state index in [-0.39, 0.29) is 11.2 Å². The first kappa shape index (κ1) is 19.6. The Hall–Kier alpha value is 0.270. The van der Waals surface area contributed by atoms with Crippen LogP contribution in [0.5, 0.6) is 0 Å². The number of aliphatic hydroxyl groups is 1. The van der Waals surface area contributed by atoms with Gasteiger partial charge in [-0.1, -0.05) is 47.0 Å². The SMILES string of the molecule is CCCC1OC2(CCC)OC(O)(CCC)CC(CCC)(O2)P1C. The van der Waals surface area contributed by atoms with E-state index in [0.717, 1.165) is 38.5 Å². The van der Waals surface area contributed by atoms with Crippen LogP contribution in [0.3, 0.4) is 0 Å². The second kappa shape index (κ2) is 7.66. The number of hydrogen-bond donors (Lipinski definition) is 1. The van der Waals surface area contributed by atoms with E-state index in [1.54, 1.807) is 0 Å². The highest BCUT2D eigenvalue weighted by molar-refractivity contribution is 7.59. The van der Waals surface area contributed by atoms with Crippen molar-refractivity contribution in [2.24, 2.45) is 0 Å². The molecule has 5 atom stereocenters. The Bertz CT molecular complexity index is 389. The molecule has 0 aliphatic carbocycles. The molecule has 0 spiro atoms. The quantitative estimate of drug-likeness (QED) is 0.619. The molecule has 2 bridgehead atoms. The maximum Gasteiger partial charge on any atom is 0.286 e. The normalized spacial score (nSPS) is 43.6. The molecule has 5 heteroatoms. The van der Waals surface area contributed by atoms with Crippen molar-refractivity contribution in [2.75, 3.05) is 6.66 Å². The smallest absolute Gasteiger partial charge is 0.286 e. The van der Waals surface area contributed by atoms with Gasteiger partial charge in [0, 0.05) is 19.3 Å². The first-order chi connectivity index (χ1) is 10.9. The number of rotatable bonds is 8. The van der Waals surface area contributed by atoms with Gasteiger partial charge in [-0.05, 0) is 33.8 Å². The fourth-order valence-electron chi connectivity index (χ4n) is 4.10. The number of hydrogen-bond acceptors (Lipinski definition) is 4. The van der Waals surface area contributed by atoms with Gasteiger partial charge in [-0.2, -0.15) is 0 Å². The van der Waals surface area contributed by atoms with Crippen molar-refractivity contribution in [3.05, 3.63) is 0 Å². The molecule has 2 rings (SSSR count). The van der Waals surface area contributed by atoms with Crippen LogP contribution in [0.2, 0.25) is 0 Å². The molecule has 0 amide bonds. The van der Waals surface area contributed by atoms with Crippen LogP contribution in [-0.4, -0.2) is 34.7 Å². The van der Waals surface area contributed by atoms with Crippen molar-refractivity contribution in [1.29, 1.82) is 0 Å². The van der Waals surface area contributed by atoms with Crippen LogP contribution >= 0.6 is 7.92 Å². The first-order valence-electron chi connectivity index (χ1n) is 9.41. The molecule has 2 heterocycles. The average molecular weight is 346 g/mol. The van der Waals surface area contributed by atoms with Gasteiger partial charge in [-0.15, -0.1) is 0 Å².